The lowest BCUT2D eigenvalue weighted by Gasteiger charge is -2.15. The van der Waals surface area contributed by atoms with E-state index in [-0.39, 0.29) is 17.2 Å². The molecule has 0 saturated heterocycles. The number of hydrogen-bond donors (Lipinski definition) is 2. The lowest BCUT2D eigenvalue weighted by atomic mass is 10.1. The fourth-order valence-corrected chi connectivity index (χ4v) is 3.08. The van der Waals surface area contributed by atoms with Crippen LogP contribution in [0.4, 0.5) is 18.9 Å². The molecule has 0 aliphatic rings. The first-order valence-corrected chi connectivity index (χ1v) is 9.13. The van der Waals surface area contributed by atoms with Crippen LogP contribution >= 0.6 is 11.8 Å². The van der Waals surface area contributed by atoms with Crippen LogP contribution in [0.3, 0.4) is 0 Å². The summed E-state index contributed by atoms with van der Waals surface area (Å²) < 4.78 is 42.0. The Morgan fingerprint density at radius 2 is 1.75 bits per heavy atom. The van der Waals surface area contributed by atoms with Gasteiger partial charge in [-0.05, 0) is 43.3 Å². The highest BCUT2D eigenvalue weighted by Crippen LogP contribution is 2.26. The summed E-state index contributed by atoms with van der Waals surface area (Å²) in [6.07, 6.45) is -4.52. The minimum Gasteiger partial charge on any atom is -0.497 e. The van der Waals surface area contributed by atoms with Crippen molar-refractivity contribution in [2.24, 2.45) is 0 Å². The molecular formula is C19H19F3N2O3S. The number of carbonyl (C=O) groups is 2. The van der Waals surface area contributed by atoms with Crippen LogP contribution in [-0.4, -0.2) is 36.9 Å². The van der Waals surface area contributed by atoms with Crippen LogP contribution < -0.4 is 15.4 Å². The van der Waals surface area contributed by atoms with Crippen molar-refractivity contribution < 1.29 is 27.5 Å². The van der Waals surface area contributed by atoms with Crippen LogP contribution in [0.1, 0.15) is 17.3 Å². The number of nitrogens with one attached hydrogen (secondary N) is 2. The quantitative estimate of drug-likeness (QED) is 0.672. The van der Waals surface area contributed by atoms with Crippen LogP contribution in [0, 0.1) is 0 Å². The fourth-order valence-electron chi connectivity index (χ4n) is 2.21. The van der Waals surface area contributed by atoms with Gasteiger partial charge < -0.3 is 15.4 Å². The molecule has 0 spiro atoms. The van der Waals surface area contributed by atoms with E-state index in [1.54, 1.807) is 37.5 Å². The lowest BCUT2D eigenvalue weighted by molar-refractivity contribution is -0.123. The molecule has 150 valence electrons. The molecule has 2 aromatic carbocycles. The second kappa shape index (κ2) is 9.50. The van der Waals surface area contributed by atoms with Crippen LogP contribution in [0.15, 0.2) is 53.4 Å². The molecule has 2 aromatic rings. The number of carbonyl (C=O) groups excluding carboxylic acids is 2. The molecule has 2 rings (SSSR count). The number of rotatable bonds is 7. The van der Waals surface area contributed by atoms with Crippen molar-refractivity contribution in [1.29, 1.82) is 0 Å². The number of para-hydroxylation sites is 1. The number of ether oxygens (including phenoxy) is 1. The van der Waals surface area contributed by atoms with E-state index < -0.39 is 23.9 Å². The summed E-state index contributed by atoms with van der Waals surface area (Å²) in [5.41, 5.74) is 0.108. The minimum atomic E-state index is -4.52. The molecule has 0 fully saturated rings. The van der Waals surface area contributed by atoms with Gasteiger partial charge in [0.15, 0.2) is 0 Å². The van der Waals surface area contributed by atoms with E-state index in [0.717, 1.165) is 4.90 Å². The third-order valence-corrected chi connectivity index (χ3v) is 4.73. The first kappa shape index (κ1) is 21.6. The van der Waals surface area contributed by atoms with Crippen molar-refractivity contribution in [2.75, 3.05) is 19.0 Å². The highest BCUT2D eigenvalue weighted by atomic mass is 32.2. The third-order valence-electron chi connectivity index (χ3n) is 3.62. The molecule has 0 saturated carbocycles. The molecular weight excluding hydrogens is 393 g/mol. The van der Waals surface area contributed by atoms with Crippen molar-refractivity contribution in [3.63, 3.8) is 0 Å². The number of amides is 2. The Balaban J connectivity index is 2.03. The summed E-state index contributed by atoms with van der Waals surface area (Å²) >= 11 is 1.30. The summed E-state index contributed by atoms with van der Waals surface area (Å²) in [5, 5.41) is 3.90. The van der Waals surface area contributed by atoms with Crippen LogP contribution in [0.25, 0.3) is 0 Å². The van der Waals surface area contributed by atoms with Crippen molar-refractivity contribution in [3.8, 4) is 5.75 Å². The van der Waals surface area contributed by atoms with Gasteiger partial charge in [0.05, 0.1) is 23.6 Å². The van der Waals surface area contributed by atoms with Gasteiger partial charge in [-0.15, -0.1) is 11.8 Å². The molecule has 0 aromatic heterocycles. The largest absolute Gasteiger partial charge is 0.497 e. The summed E-state index contributed by atoms with van der Waals surface area (Å²) in [6.45, 7) is 0.244. The molecule has 9 heteroatoms. The Kier molecular flexibility index (Phi) is 7.33. The van der Waals surface area contributed by atoms with Gasteiger partial charge in [0.2, 0.25) is 5.91 Å². The summed E-state index contributed by atoms with van der Waals surface area (Å²) in [5.74, 6) is -0.596. The van der Waals surface area contributed by atoms with Gasteiger partial charge >= 0.3 is 6.18 Å². The first-order valence-electron chi connectivity index (χ1n) is 8.25. The van der Waals surface area contributed by atoms with E-state index in [1.807, 2.05) is 12.1 Å². The van der Waals surface area contributed by atoms with Crippen molar-refractivity contribution in [1.82, 2.24) is 5.32 Å². The topological polar surface area (TPSA) is 67.4 Å². The average molecular weight is 412 g/mol. The van der Waals surface area contributed by atoms with Gasteiger partial charge in [0.25, 0.3) is 5.91 Å². The van der Waals surface area contributed by atoms with Gasteiger partial charge in [-0.3, -0.25) is 9.59 Å². The number of anilines is 1. The molecule has 2 N–H and O–H groups in total. The zero-order valence-corrected chi connectivity index (χ0v) is 16.0. The Bertz CT molecular complexity index is 826. The normalized spacial score (nSPS) is 12.2. The number of halogens is 3. The first-order chi connectivity index (χ1) is 13.2. The molecule has 1 unspecified atom stereocenters. The van der Waals surface area contributed by atoms with Crippen molar-refractivity contribution in [2.45, 2.75) is 23.2 Å². The van der Waals surface area contributed by atoms with E-state index in [2.05, 4.69) is 5.32 Å². The summed E-state index contributed by atoms with van der Waals surface area (Å²) in [7, 11) is 1.56. The molecule has 1 atom stereocenters. The Labute approximate surface area is 164 Å². The highest BCUT2D eigenvalue weighted by molar-refractivity contribution is 8.00. The molecule has 0 aliphatic carbocycles. The molecule has 0 radical (unpaired) electrons. The maximum absolute atomic E-state index is 12.5. The SMILES string of the molecule is COc1ccc(SC(C)C(=O)Nc2ccccc2C(=O)NCC(F)(F)F)cc1. The zero-order chi connectivity index (χ0) is 20.7. The monoisotopic (exact) mass is 412 g/mol. The van der Waals surface area contributed by atoms with E-state index in [9.17, 15) is 22.8 Å². The maximum atomic E-state index is 12.5. The van der Waals surface area contributed by atoms with Crippen molar-refractivity contribution >= 4 is 29.3 Å². The molecule has 0 bridgehead atoms. The zero-order valence-electron chi connectivity index (χ0n) is 15.2. The van der Waals surface area contributed by atoms with Gasteiger partial charge in [-0.2, -0.15) is 13.2 Å². The Morgan fingerprint density at radius 1 is 1.11 bits per heavy atom. The summed E-state index contributed by atoms with van der Waals surface area (Å²) in [6, 6.07) is 13.1. The number of hydrogen-bond acceptors (Lipinski definition) is 4. The predicted molar refractivity (Wildman–Crippen MR) is 102 cm³/mol. The molecule has 0 heterocycles. The summed E-state index contributed by atoms with van der Waals surface area (Å²) in [4.78, 5) is 25.3. The lowest BCUT2D eigenvalue weighted by Crippen LogP contribution is -2.34. The van der Waals surface area contributed by atoms with Gasteiger partial charge in [-0.25, -0.2) is 0 Å². The second-order valence-corrected chi connectivity index (χ2v) is 7.18. The van der Waals surface area contributed by atoms with Gasteiger partial charge in [0, 0.05) is 4.90 Å². The molecule has 0 aliphatic heterocycles. The third kappa shape index (κ3) is 6.49. The Morgan fingerprint density at radius 3 is 2.36 bits per heavy atom. The predicted octanol–water partition coefficient (Wildman–Crippen LogP) is 4.11. The van der Waals surface area contributed by atoms with Crippen LogP contribution in [0.2, 0.25) is 0 Å². The smallest absolute Gasteiger partial charge is 0.405 e. The van der Waals surface area contributed by atoms with Gasteiger partial charge in [-0.1, -0.05) is 12.1 Å². The fraction of sp³-hybridized carbons (Fsp3) is 0.263. The second-order valence-electron chi connectivity index (χ2n) is 5.77. The molecule has 28 heavy (non-hydrogen) atoms. The minimum absolute atomic E-state index is 0.0400. The van der Waals surface area contributed by atoms with E-state index in [4.69, 9.17) is 4.74 Å². The van der Waals surface area contributed by atoms with E-state index >= 15 is 0 Å². The maximum Gasteiger partial charge on any atom is 0.405 e. The number of methoxy groups -OCH3 is 1. The standard InChI is InChI=1S/C19H19F3N2O3S/c1-12(28-14-9-7-13(27-2)8-10-14)17(25)24-16-6-4-3-5-15(16)18(26)23-11-19(20,21)22/h3-10,12H,11H2,1-2H3,(H,23,26)(H,24,25). The Hall–Kier alpha value is -2.68. The van der Waals surface area contributed by atoms with Crippen LogP contribution in [0.5, 0.6) is 5.75 Å². The average Bonchev–Trinajstić information content (AvgIpc) is 2.66. The highest BCUT2D eigenvalue weighted by Gasteiger charge is 2.28. The van der Waals surface area contributed by atoms with Crippen LogP contribution in [-0.2, 0) is 4.79 Å². The molecule has 2 amide bonds. The number of alkyl halides is 3. The number of benzene rings is 2. The molecule has 5 nitrogen and oxygen atoms in total. The van der Waals surface area contributed by atoms with Gasteiger partial charge in [0.1, 0.15) is 12.3 Å². The van der Waals surface area contributed by atoms with E-state index in [0.29, 0.717) is 5.75 Å². The van der Waals surface area contributed by atoms with E-state index in [1.165, 1.54) is 30.0 Å². The van der Waals surface area contributed by atoms with Crippen molar-refractivity contribution in [3.05, 3.63) is 54.1 Å². The number of thioether (sulfide) groups is 1.